The first-order chi connectivity index (χ1) is 16.3. The third-order valence-corrected chi connectivity index (χ3v) is 5.66. The molecule has 1 aromatic carbocycles. The number of nitrogens with zero attached hydrogens (tertiary/aromatic N) is 4. The molecule has 34 heavy (non-hydrogen) atoms. The lowest BCUT2D eigenvalue weighted by molar-refractivity contribution is 0.102. The fourth-order valence-corrected chi connectivity index (χ4v) is 3.46. The minimum Gasteiger partial charge on any atom is -0.467 e. The van der Waals surface area contributed by atoms with Gasteiger partial charge in [-0.3, -0.25) is 4.79 Å². The summed E-state index contributed by atoms with van der Waals surface area (Å²) in [6, 6.07) is 10.9. The molecule has 3 heterocycles. The highest BCUT2D eigenvalue weighted by atomic mass is 16.3. The summed E-state index contributed by atoms with van der Waals surface area (Å²) in [5.41, 5.74) is 4.08. The smallest absolute Gasteiger partial charge is 0.255 e. The summed E-state index contributed by atoms with van der Waals surface area (Å²) < 4.78 is 7.28. The monoisotopic (exact) mass is 454 g/mol. The van der Waals surface area contributed by atoms with Crippen LogP contribution < -0.4 is 10.6 Å². The Bertz CT molecular complexity index is 1440. The number of fused-ring (bicyclic) bond motifs is 1. The van der Waals surface area contributed by atoms with E-state index in [1.807, 2.05) is 19.1 Å². The molecule has 0 bridgehead atoms. The van der Waals surface area contributed by atoms with Crippen molar-refractivity contribution in [3.8, 4) is 12.0 Å². The number of carbonyl (C=O) groups excluding carboxylic acids is 1. The first-order valence-corrected chi connectivity index (χ1v) is 11.3. The van der Waals surface area contributed by atoms with Crippen molar-refractivity contribution in [1.29, 1.82) is 0 Å². The lowest BCUT2D eigenvalue weighted by atomic mass is 9.93. The van der Waals surface area contributed by atoms with Gasteiger partial charge in [0.05, 0.1) is 5.69 Å². The molecule has 8 nitrogen and oxygen atoms in total. The van der Waals surface area contributed by atoms with Crippen LogP contribution in [0.4, 0.5) is 11.5 Å². The molecular weight excluding hydrogens is 428 g/mol. The van der Waals surface area contributed by atoms with Crippen molar-refractivity contribution < 1.29 is 9.21 Å². The van der Waals surface area contributed by atoms with E-state index < -0.39 is 0 Å². The van der Waals surface area contributed by atoms with Gasteiger partial charge in [-0.2, -0.15) is 0 Å². The molecule has 4 aromatic rings. The second kappa shape index (κ2) is 8.34. The number of nitrogens with one attached hydrogen (secondary N) is 2. The van der Waals surface area contributed by atoms with Crippen LogP contribution in [0.1, 0.15) is 60.9 Å². The Balaban J connectivity index is 1.38. The van der Waals surface area contributed by atoms with Crippen molar-refractivity contribution in [2.24, 2.45) is 0 Å². The number of rotatable bonds is 4. The van der Waals surface area contributed by atoms with E-state index in [1.54, 1.807) is 29.3 Å². The Hall–Kier alpha value is -4.12. The highest BCUT2D eigenvalue weighted by Crippen LogP contribution is 2.27. The van der Waals surface area contributed by atoms with E-state index in [9.17, 15) is 4.79 Å². The number of amides is 1. The molecule has 0 atom stereocenters. The molecule has 172 valence electrons. The van der Waals surface area contributed by atoms with Crippen molar-refractivity contribution in [3.63, 3.8) is 0 Å². The van der Waals surface area contributed by atoms with Crippen LogP contribution in [0.25, 0.3) is 11.2 Å². The molecule has 1 fully saturated rings. The average molecular weight is 455 g/mol. The number of carbonyl (C=O) groups is 1. The summed E-state index contributed by atoms with van der Waals surface area (Å²) in [7, 11) is 0. The summed E-state index contributed by atoms with van der Waals surface area (Å²) in [6.07, 6.45) is 7.01. The van der Waals surface area contributed by atoms with Crippen LogP contribution in [0.15, 0.2) is 47.6 Å². The Morgan fingerprint density at radius 2 is 2.00 bits per heavy atom. The van der Waals surface area contributed by atoms with Gasteiger partial charge in [-0.05, 0) is 43.4 Å². The molecule has 1 aliphatic rings. The first-order valence-electron chi connectivity index (χ1n) is 11.3. The largest absolute Gasteiger partial charge is 0.467 e. The predicted octanol–water partition coefficient (Wildman–Crippen LogP) is 4.71. The summed E-state index contributed by atoms with van der Waals surface area (Å²) in [4.78, 5) is 25.9. The minimum absolute atomic E-state index is 0.132. The highest BCUT2D eigenvalue weighted by Gasteiger charge is 2.23. The third kappa shape index (κ3) is 4.50. The first kappa shape index (κ1) is 21.7. The third-order valence-electron chi connectivity index (χ3n) is 5.66. The zero-order chi connectivity index (χ0) is 23.9. The van der Waals surface area contributed by atoms with E-state index >= 15 is 0 Å². The van der Waals surface area contributed by atoms with Crippen LogP contribution in [0, 0.1) is 18.9 Å². The lowest BCUT2D eigenvalue weighted by Gasteiger charge is -2.13. The predicted molar refractivity (Wildman–Crippen MR) is 131 cm³/mol. The van der Waals surface area contributed by atoms with Crippen LogP contribution >= 0.6 is 0 Å². The molecule has 0 spiro atoms. The molecule has 2 N–H and O–H groups in total. The second-order valence-corrected chi connectivity index (χ2v) is 9.60. The maximum Gasteiger partial charge on any atom is 0.255 e. The van der Waals surface area contributed by atoms with E-state index in [1.165, 1.54) is 6.33 Å². The summed E-state index contributed by atoms with van der Waals surface area (Å²) in [5, 5.41) is 6.28. The summed E-state index contributed by atoms with van der Waals surface area (Å²) >= 11 is 0. The molecular formula is C26H26N6O2. The van der Waals surface area contributed by atoms with Crippen LogP contribution in [-0.2, 0) is 5.41 Å². The van der Waals surface area contributed by atoms with Gasteiger partial charge in [-0.15, -0.1) is 0 Å². The van der Waals surface area contributed by atoms with Crippen molar-refractivity contribution in [3.05, 3.63) is 65.6 Å². The van der Waals surface area contributed by atoms with Crippen molar-refractivity contribution in [2.45, 2.75) is 52.0 Å². The van der Waals surface area contributed by atoms with Gasteiger partial charge in [-0.25, -0.2) is 19.5 Å². The Labute approximate surface area is 197 Å². The molecule has 0 aliphatic heterocycles. The zero-order valence-electron chi connectivity index (χ0n) is 19.6. The topological polar surface area (TPSA) is 97.9 Å². The number of aromatic nitrogens is 4. The van der Waals surface area contributed by atoms with Crippen LogP contribution in [-0.4, -0.2) is 31.5 Å². The lowest BCUT2D eigenvalue weighted by Crippen LogP contribution is -2.12. The maximum absolute atomic E-state index is 12.8. The van der Waals surface area contributed by atoms with Gasteiger partial charge < -0.3 is 15.1 Å². The average Bonchev–Trinajstić information content (AvgIpc) is 3.30. The molecule has 0 radical (unpaired) electrons. The Morgan fingerprint density at radius 1 is 1.18 bits per heavy atom. The number of benzene rings is 1. The second-order valence-electron chi connectivity index (χ2n) is 9.60. The maximum atomic E-state index is 12.8. The summed E-state index contributed by atoms with van der Waals surface area (Å²) in [6.45, 7) is 8.14. The number of hydrogen-bond donors (Lipinski definition) is 2. The molecule has 0 saturated heterocycles. The Morgan fingerprint density at radius 3 is 2.74 bits per heavy atom. The molecule has 3 aromatic heterocycles. The van der Waals surface area contributed by atoms with Crippen molar-refractivity contribution in [2.75, 3.05) is 10.6 Å². The van der Waals surface area contributed by atoms with Crippen LogP contribution in [0.5, 0.6) is 0 Å². The van der Waals surface area contributed by atoms with Gasteiger partial charge in [0.1, 0.15) is 24.7 Å². The molecule has 5 rings (SSSR count). The van der Waals surface area contributed by atoms with Crippen molar-refractivity contribution in [1.82, 2.24) is 19.5 Å². The molecule has 1 amide bonds. The highest BCUT2D eigenvalue weighted by molar-refractivity contribution is 6.04. The number of furan rings is 1. The van der Waals surface area contributed by atoms with Crippen LogP contribution in [0.3, 0.4) is 0 Å². The standard InChI is InChI=1S/C26H26N6O2/c1-16-5-6-18(25(33)31-20-12-21(34-13-20)26(2,3)4)11-17(16)9-10-32-15-29-22-23(30-19-7-8-19)27-14-28-24(22)32/h5-6,11-15,19H,7-8H2,1-4H3,(H,31,33)(H,27,28,30). The minimum atomic E-state index is -0.221. The zero-order valence-corrected chi connectivity index (χ0v) is 19.6. The van der Waals surface area contributed by atoms with E-state index in [0.717, 1.165) is 35.5 Å². The number of aryl methyl sites for hydroxylation is 1. The molecule has 8 heteroatoms. The quantitative estimate of drug-likeness (QED) is 0.434. The molecule has 0 unspecified atom stereocenters. The Kier molecular flexibility index (Phi) is 5.33. The van der Waals surface area contributed by atoms with Gasteiger partial charge in [-0.1, -0.05) is 26.8 Å². The van der Waals surface area contributed by atoms with Gasteiger partial charge >= 0.3 is 0 Å². The van der Waals surface area contributed by atoms with Gasteiger partial charge in [0.25, 0.3) is 5.91 Å². The van der Waals surface area contributed by atoms with Crippen molar-refractivity contribution >= 4 is 28.6 Å². The van der Waals surface area contributed by atoms with Gasteiger partial charge in [0, 0.05) is 34.7 Å². The molecule has 1 aliphatic carbocycles. The summed E-state index contributed by atoms with van der Waals surface area (Å²) in [5.74, 6) is 4.48. The van der Waals surface area contributed by atoms with E-state index in [-0.39, 0.29) is 11.3 Å². The normalized spacial score (nSPS) is 13.4. The SMILES string of the molecule is Cc1ccc(C(=O)Nc2coc(C(C)(C)C)c2)cc1C#Cn1cnc2c(NC3CC3)ncnc21. The van der Waals surface area contributed by atoms with E-state index in [0.29, 0.717) is 28.5 Å². The van der Waals surface area contributed by atoms with Gasteiger partial charge in [0.15, 0.2) is 17.0 Å². The van der Waals surface area contributed by atoms with E-state index in [2.05, 4.69) is 58.3 Å². The van der Waals surface area contributed by atoms with Crippen LogP contribution in [0.2, 0.25) is 0 Å². The van der Waals surface area contributed by atoms with Gasteiger partial charge in [0.2, 0.25) is 0 Å². The number of anilines is 2. The number of imidazole rings is 1. The number of hydrogen-bond acceptors (Lipinski definition) is 6. The van der Waals surface area contributed by atoms with E-state index in [4.69, 9.17) is 4.42 Å². The molecule has 1 saturated carbocycles. The fraction of sp³-hybridized carbons (Fsp3) is 0.308. The fourth-order valence-electron chi connectivity index (χ4n) is 3.46.